The summed E-state index contributed by atoms with van der Waals surface area (Å²) in [6.07, 6.45) is 4.94. The van der Waals surface area contributed by atoms with Gasteiger partial charge in [0.25, 0.3) is 0 Å². The summed E-state index contributed by atoms with van der Waals surface area (Å²) in [5.74, 6) is 0. The molecule has 1 atom stereocenters. The van der Waals surface area contributed by atoms with Gasteiger partial charge in [-0.1, -0.05) is 26.7 Å². The molecule has 0 saturated carbocycles. The van der Waals surface area contributed by atoms with E-state index in [1.165, 1.54) is 12.8 Å². The maximum Gasteiger partial charge on any atom is 0.143 e. The van der Waals surface area contributed by atoms with Crippen LogP contribution in [0.4, 0.5) is 0 Å². The average Bonchev–Trinajstić information content (AvgIpc) is 2.19. The zero-order valence-electron chi connectivity index (χ0n) is 10.8. The Balaban J connectivity index is 4.57. The predicted molar refractivity (Wildman–Crippen MR) is 65.7 cm³/mol. The van der Waals surface area contributed by atoms with Crippen molar-refractivity contribution in [3.8, 4) is 0 Å². The van der Waals surface area contributed by atoms with Crippen LogP contribution in [0.2, 0.25) is 5.54 Å². The van der Waals surface area contributed by atoms with Gasteiger partial charge < -0.3 is 14.2 Å². The Hall–Kier alpha value is 0.0969. The van der Waals surface area contributed by atoms with Gasteiger partial charge in [-0.15, -0.1) is 0 Å². The first-order chi connectivity index (χ1) is 7.16. The third-order valence-corrected chi connectivity index (χ3v) is 8.03. The van der Waals surface area contributed by atoms with Gasteiger partial charge in [0.05, 0.1) is 0 Å². The Morgan fingerprint density at radius 3 is 1.60 bits per heavy atom. The van der Waals surface area contributed by atoms with Crippen LogP contribution in [0.1, 0.15) is 26.7 Å². The van der Waals surface area contributed by atoms with Crippen molar-refractivity contribution in [3.63, 3.8) is 0 Å². The molecule has 0 amide bonds. The highest BCUT2D eigenvalue weighted by atomic mass is 28.3. The lowest BCUT2D eigenvalue weighted by Crippen LogP contribution is -2.53. The standard InChI is InChI=1S/C11H26O3Si/c1-6-7-11(2)15(8-12-3,9-13-4)10-14-5/h11H,6-10H2,1-5H3. The second-order valence-electron chi connectivity index (χ2n) is 4.35. The van der Waals surface area contributed by atoms with Crippen LogP contribution in [0, 0.1) is 0 Å². The summed E-state index contributed by atoms with van der Waals surface area (Å²) < 4.78 is 16.1. The van der Waals surface area contributed by atoms with Gasteiger partial charge in [0.1, 0.15) is 8.07 Å². The van der Waals surface area contributed by atoms with E-state index in [1.807, 2.05) is 0 Å². The van der Waals surface area contributed by atoms with Gasteiger partial charge in [0.2, 0.25) is 0 Å². The molecule has 0 radical (unpaired) electrons. The van der Waals surface area contributed by atoms with Crippen molar-refractivity contribution in [3.05, 3.63) is 0 Å². The van der Waals surface area contributed by atoms with E-state index in [0.717, 1.165) is 18.7 Å². The molecule has 0 spiro atoms. The van der Waals surface area contributed by atoms with Gasteiger partial charge in [-0.05, 0) is 5.54 Å². The van der Waals surface area contributed by atoms with Gasteiger partial charge in [0.15, 0.2) is 0 Å². The molecular formula is C11H26O3Si. The Labute approximate surface area is 95.1 Å². The zero-order chi connectivity index (χ0) is 11.7. The molecule has 3 nitrogen and oxygen atoms in total. The van der Waals surface area contributed by atoms with Crippen molar-refractivity contribution >= 4 is 8.07 Å². The zero-order valence-corrected chi connectivity index (χ0v) is 11.8. The Morgan fingerprint density at radius 1 is 0.933 bits per heavy atom. The van der Waals surface area contributed by atoms with Crippen LogP contribution in [0.15, 0.2) is 0 Å². The van der Waals surface area contributed by atoms with Crippen LogP contribution in [0.25, 0.3) is 0 Å². The van der Waals surface area contributed by atoms with Crippen molar-refractivity contribution in [2.75, 3.05) is 40.0 Å². The average molecular weight is 234 g/mol. The molecule has 0 N–H and O–H groups in total. The highest BCUT2D eigenvalue weighted by Gasteiger charge is 2.39. The number of ether oxygens (including phenoxy) is 3. The number of rotatable bonds is 9. The first-order valence-corrected chi connectivity index (χ1v) is 8.33. The summed E-state index contributed by atoms with van der Waals surface area (Å²) in [7, 11) is 3.72. The maximum absolute atomic E-state index is 5.38. The lowest BCUT2D eigenvalue weighted by molar-refractivity contribution is 0.185. The Kier molecular flexibility index (Phi) is 8.33. The van der Waals surface area contributed by atoms with E-state index in [4.69, 9.17) is 14.2 Å². The van der Waals surface area contributed by atoms with E-state index in [9.17, 15) is 0 Å². The van der Waals surface area contributed by atoms with Gasteiger partial charge in [0, 0.05) is 40.0 Å². The SMILES string of the molecule is CCCC(C)[Si](COC)(COC)COC. The fourth-order valence-electron chi connectivity index (χ4n) is 2.15. The molecule has 0 aliphatic carbocycles. The van der Waals surface area contributed by atoms with Crippen molar-refractivity contribution < 1.29 is 14.2 Å². The lowest BCUT2D eigenvalue weighted by atomic mass is 10.3. The van der Waals surface area contributed by atoms with Gasteiger partial charge in [-0.2, -0.15) is 0 Å². The maximum atomic E-state index is 5.38. The predicted octanol–water partition coefficient (Wildman–Crippen LogP) is 2.18. The summed E-state index contributed by atoms with van der Waals surface area (Å²) in [5, 5.41) is 0. The van der Waals surface area contributed by atoms with Crippen molar-refractivity contribution in [1.29, 1.82) is 0 Å². The van der Waals surface area contributed by atoms with Crippen molar-refractivity contribution in [2.45, 2.75) is 32.2 Å². The highest BCUT2D eigenvalue weighted by molar-refractivity contribution is 6.81. The van der Waals surface area contributed by atoms with Crippen LogP contribution in [0.3, 0.4) is 0 Å². The molecule has 0 fully saturated rings. The monoisotopic (exact) mass is 234 g/mol. The summed E-state index contributed by atoms with van der Waals surface area (Å²) in [5.41, 5.74) is 0.683. The molecule has 92 valence electrons. The van der Waals surface area contributed by atoms with Gasteiger partial charge >= 0.3 is 0 Å². The summed E-state index contributed by atoms with van der Waals surface area (Å²) >= 11 is 0. The van der Waals surface area contributed by atoms with E-state index in [0.29, 0.717) is 5.54 Å². The fraction of sp³-hybridized carbons (Fsp3) is 1.00. The van der Waals surface area contributed by atoms with E-state index in [2.05, 4.69) is 13.8 Å². The first kappa shape index (κ1) is 15.1. The van der Waals surface area contributed by atoms with Crippen LogP contribution < -0.4 is 0 Å². The third kappa shape index (κ3) is 4.63. The van der Waals surface area contributed by atoms with E-state index < -0.39 is 8.07 Å². The Bertz CT molecular complexity index is 136. The van der Waals surface area contributed by atoms with Gasteiger partial charge in [-0.3, -0.25) is 0 Å². The molecule has 15 heavy (non-hydrogen) atoms. The quantitative estimate of drug-likeness (QED) is 0.572. The van der Waals surface area contributed by atoms with Crippen LogP contribution in [-0.2, 0) is 14.2 Å². The van der Waals surface area contributed by atoms with Crippen LogP contribution in [0.5, 0.6) is 0 Å². The summed E-state index contributed by atoms with van der Waals surface area (Å²) in [6, 6.07) is 0. The first-order valence-electron chi connectivity index (χ1n) is 5.63. The highest BCUT2D eigenvalue weighted by Crippen LogP contribution is 2.27. The third-order valence-electron chi connectivity index (χ3n) is 3.06. The molecule has 0 heterocycles. The molecule has 0 aliphatic heterocycles. The molecule has 0 aliphatic rings. The van der Waals surface area contributed by atoms with Crippen LogP contribution in [-0.4, -0.2) is 48.1 Å². The van der Waals surface area contributed by atoms with E-state index in [1.54, 1.807) is 21.3 Å². The minimum absolute atomic E-state index is 0.683. The number of hydrogen-bond acceptors (Lipinski definition) is 3. The number of hydrogen-bond donors (Lipinski definition) is 0. The molecule has 0 aromatic carbocycles. The van der Waals surface area contributed by atoms with E-state index in [-0.39, 0.29) is 0 Å². The molecule has 0 rings (SSSR count). The minimum atomic E-state index is -1.59. The largest absolute Gasteiger partial charge is 0.388 e. The van der Waals surface area contributed by atoms with E-state index >= 15 is 0 Å². The van der Waals surface area contributed by atoms with Gasteiger partial charge in [-0.25, -0.2) is 0 Å². The summed E-state index contributed by atoms with van der Waals surface area (Å²) in [4.78, 5) is 0. The fourth-order valence-corrected chi connectivity index (χ4v) is 5.88. The topological polar surface area (TPSA) is 27.7 Å². The van der Waals surface area contributed by atoms with Crippen molar-refractivity contribution in [1.82, 2.24) is 0 Å². The van der Waals surface area contributed by atoms with Crippen molar-refractivity contribution in [2.24, 2.45) is 0 Å². The summed E-state index contributed by atoms with van der Waals surface area (Å²) in [6.45, 7) is 4.54. The smallest absolute Gasteiger partial charge is 0.143 e. The number of methoxy groups -OCH3 is 3. The second kappa shape index (κ2) is 8.27. The molecule has 0 aromatic rings. The van der Waals surface area contributed by atoms with Crippen LogP contribution >= 0.6 is 0 Å². The molecular weight excluding hydrogens is 208 g/mol. The second-order valence-corrected chi connectivity index (χ2v) is 8.93. The normalized spacial score (nSPS) is 14.2. The lowest BCUT2D eigenvalue weighted by Gasteiger charge is -2.35. The molecule has 0 saturated heterocycles. The minimum Gasteiger partial charge on any atom is -0.388 e. The molecule has 1 unspecified atom stereocenters. The Morgan fingerprint density at radius 2 is 1.33 bits per heavy atom. The molecule has 0 aromatic heterocycles. The molecule has 4 heteroatoms. The molecule has 0 bridgehead atoms.